The SMILES string of the molecule is CNCCc1[nH]c(C(=O)O)c(C)c1C. The van der Waals surface area contributed by atoms with Crippen LogP contribution in [0.2, 0.25) is 0 Å². The van der Waals surface area contributed by atoms with Gasteiger partial charge in [-0.1, -0.05) is 0 Å². The molecule has 0 saturated heterocycles. The zero-order chi connectivity index (χ0) is 10.7. The first-order valence-electron chi connectivity index (χ1n) is 4.63. The molecule has 78 valence electrons. The number of carbonyl (C=O) groups is 1. The number of carboxylic acid groups (broad SMARTS) is 1. The Balaban J connectivity index is 2.96. The number of aromatic amines is 1. The van der Waals surface area contributed by atoms with Gasteiger partial charge in [0, 0.05) is 18.7 Å². The molecule has 0 atom stereocenters. The standard InChI is InChI=1S/C10H16N2O2/c1-6-7(2)9(10(13)14)12-8(6)4-5-11-3/h11-12H,4-5H2,1-3H3,(H,13,14). The van der Waals surface area contributed by atoms with Gasteiger partial charge in [0.15, 0.2) is 0 Å². The van der Waals surface area contributed by atoms with Crippen LogP contribution in [0.3, 0.4) is 0 Å². The van der Waals surface area contributed by atoms with Gasteiger partial charge in [-0.2, -0.15) is 0 Å². The van der Waals surface area contributed by atoms with Gasteiger partial charge in [-0.05, 0) is 32.0 Å². The second-order valence-corrected chi connectivity index (χ2v) is 3.39. The maximum atomic E-state index is 10.8. The first-order chi connectivity index (χ1) is 6.57. The Kier molecular flexibility index (Phi) is 3.30. The molecule has 0 aromatic carbocycles. The lowest BCUT2D eigenvalue weighted by molar-refractivity contribution is 0.0690. The zero-order valence-corrected chi connectivity index (χ0v) is 8.77. The van der Waals surface area contributed by atoms with Crippen LogP contribution in [0.4, 0.5) is 0 Å². The summed E-state index contributed by atoms with van der Waals surface area (Å²) in [5.41, 5.74) is 3.21. The van der Waals surface area contributed by atoms with Crippen molar-refractivity contribution < 1.29 is 9.90 Å². The van der Waals surface area contributed by atoms with Gasteiger partial charge in [0.05, 0.1) is 0 Å². The molecule has 0 aliphatic carbocycles. The normalized spacial score (nSPS) is 10.5. The van der Waals surface area contributed by atoms with Crippen LogP contribution in [0.25, 0.3) is 0 Å². The van der Waals surface area contributed by atoms with E-state index in [1.807, 2.05) is 20.9 Å². The van der Waals surface area contributed by atoms with E-state index >= 15 is 0 Å². The van der Waals surface area contributed by atoms with E-state index in [1.165, 1.54) is 0 Å². The average molecular weight is 196 g/mol. The fourth-order valence-electron chi connectivity index (χ4n) is 1.47. The molecule has 1 aromatic heterocycles. The maximum absolute atomic E-state index is 10.8. The minimum Gasteiger partial charge on any atom is -0.477 e. The van der Waals surface area contributed by atoms with E-state index in [0.717, 1.165) is 29.8 Å². The molecule has 0 bridgehead atoms. The smallest absolute Gasteiger partial charge is 0.352 e. The summed E-state index contributed by atoms with van der Waals surface area (Å²) in [6.45, 7) is 4.63. The molecule has 0 fully saturated rings. The van der Waals surface area contributed by atoms with Gasteiger partial charge >= 0.3 is 5.97 Å². The Labute approximate surface area is 83.3 Å². The number of aromatic carboxylic acids is 1. The van der Waals surface area contributed by atoms with Gasteiger partial charge in [-0.25, -0.2) is 4.79 Å². The summed E-state index contributed by atoms with van der Waals surface area (Å²) >= 11 is 0. The molecule has 0 unspecified atom stereocenters. The number of carboxylic acids is 1. The van der Waals surface area contributed by atoms with Crippen molar-refractivity contribution in [2.45, 2.75) is 20.3 Å². The van der Waals surface area contributed by atoms with E-state index in [9.17, 15) is 4.79 Å². The molecule has 3 N–H and O–H groups in total. The fraction of sp³-hybridized carbons (Fsp3) is 0.500. The van der Waals surface area contributed by atoms with E-state index in [-0.39, 0.29) is 0 Å². The lowest BCUT2D eigenvalue weighted by atomic mass is 10.1. The number of hydrogen-bond acceptors (Lipinski definition) is 2. The Hall–Kier alpha value is -1.29. The van der Waals surface area contributed by atoms with E-state index in [1.54, 1.807) is 0 Å². The average Bonchev–Trinajstić information content (AvgIpc) is 2.42. The van der Waals surface area contributed by atoms with E-state index in [0.29, 0.717) is 5.69 Å². The number of nitrogens with one attached hydrogen (secondary N) is 2. The van der Waals surface area contributed by atoms with Gasteiger partial charge in [0.25, 0.3) is 0 Å². The number of rotatable bonds is 4. The molecule has 0 amide bonds. The van der Waals surface area contributed by atoms with Crippen molar-refractivity contribution in [3.63, 3.8) is 0 Å². The highest BCUT2D eigenvalue weighted by atomic mass is 16.4. The monoisotopic (exact) mass is 196 g/mol. The fourth-order valence-corrected chi connectivity index (χ4v) is 1.47. The zero-order valence-electron chi connectivity index (χ0n) is 8.77. The lowest BCUT2D eigenvalue weighted by Gasteiger charge is -1.98. The summed E-state index contributed by atoms with van der Waals surface area (Å²) in [5.74, 6) is -0.888. The largest absolute Gasteiger partial charge is 0.477 e. The molecule has 0 aliphatic rings. The lowest BCUT2D eigenvalue weighted by Crippen LogP contribution is -2.11. The van der Waals surface area contributed by atoms with Crippen molar-refractivity contribution >= 4 is 5.97 Å². The second-order valence-electron chi connectivity index (χ2n) is 3.39. The molecular formula is C10H16N2O2. The Morgan fingerprint density at radius 3 is 2.50 bits per heavy atom. The highest BCUT2D eigenvalue weighted by Crippen LogP contribution is 2.17. The Bertz CT molecular complexity index is 342. The number of H-pyrrole nitrogens is 1. The van der Waals surface area contributed by atoms with Gasteiger partial charge in [-0.3, -0.25) is 0 Å². The highest BCUT2D eigenvalue weighted by molar-refractivity contribution is 5.88. The molecular weight excluding hydrogens is 180 g/mol. The predicted molar refractivity (Wildman–Crippen MR) is 54.9 cm³/mol. The van der Waals surface area contributed by atoms with Crippen LogP contribution in [0.1, 0.15) is 27.3 Å². The van der Waals surface area contributed by atoms with Crippen LogP contribution in [0, 0.1) is 13.8 Å². The van der Waals surface area contributed by atoms with Crippen LogP contribution in [-0.4, -0.2) is 29.7 Å². The van der Waals surface area contributed by atoms with Gasteiger partial charge in [0.2, 0.25) is 0 Å². The Morgan fingerprint density at radius 2 is 2.07 bits per heavy atom. The van der Waals surface area contributed by atoms with Crippen LogP contribution in [0.15, 0.2) is 0 Å². The number of likely N-dealkylation sites (N-methyl/N-ethyl adjacent to an activating group) is 1. The molecule has 4 heteroatoms. The van der Waals surface area contributed by atoms with Crippen molar-refractivity contribution in [1.82, 2.24) is 10.3 Å². The van der Waals surface area contributed by atoms with E-state index in [4.69, 9.17) is 5.11 Å². The quantitative estimate of drug-likeness (QED) is 0.675. The van der Waals surface area contributed by atoms with Gasteiger partial charge < -0.3 is 15.4 Å². The molecule has 1 rings (SSSR count). The summed E-state index contributed by atoms with van der Waals surface area (Å²) in [6, 6.07) is 0. The van der Waals surface area contributed by atoms with Crippen molar-refractivity contribution in [2.75, 3.05) is 13.6 Å². The summed E-state index contributed by atoms with van der Waals surface area (Å²) < 4.78 is 0. The summed E-state index contributed by atoms with van der Waals surface area (Å²) in [4.78, 5) is 13.8. The molecule has 1 heterocycles. The molecule has 0 saturated carbocycles. The maximum Gasteiger partial charge on any atom is 0.352 e. The molecule has 0 radical (unpaired) electrons. The van der Waals surface area contributed by atoms with Crippen LogP contribution in [-0.2, 0) is 6.42 Å². The number of aromatic nitrogens is 1. The molecule has 0 spiro atoms. The molecule has 4 nitrogen and oxygen atoms in total. The van der Waals surface area contributed by atoms with Gasteiger partial charge in [-0.15, -0.1) is 0 Å². The minimum atomic E-state index is -0.888. The van der Waals surface area contributed by atoms with Crippen molar-refractivity contribution in [3.05, 3.63) is 22.5 Å². The molecule has 1 aromatic rings. The van der Waals surface area contributed by atoms with Crippen molar-refractivity contribution in [2.24, 2.45) is 0 Å². The molecule has 0 aliphatic heterocycles. The summed E-state index contributed by atoms with van der Waals surface area (Å²) in [5, 5.41) is 11.9. The predicted octanol–water partition coefficient (Wildman–Crippen LogP) is 1.09. The third-order valence-corrected chi connectivity index (χ3v) is 2.50. The van der Waals surface area contributed by atoms with Crippen LogP contribution >= 0.6 is 0 Å². The van der Waals surface area contributed by atoms with Crippen molar-refractivity contribution in [1.29, 1.82) is 0 Å². The van der Waals surface area contributed by atoms with Crippen molar-refractivity contribution in [3.8, 4) is 0 Å². The topological polar surface area (TPSA) is 65.1 Å². The first-order valence-corrected chi connectivity index (χ1v) is 4.63. The third-order valence-electron chi connectivity index (χ3n) is 2.50. The van der Waals surface area contributed by atoms with Crippen LogP contribution < -0.4 is 5.32 Å². The Morgan fingerprint density at radius 1 is 1.43 bits per heavy atom. The van der Waals surface area contributed by atoms with E-state index in [2.05, 4.69) is 10.3 Å². The summed E-state index contributed by atoms with van der Waals surface area (Å²) in [7, 11) is 1.88. The van der Waals surface area contributed by atoms with Gasteiger partial charge in [0.1, 0.15) is 5.69 Å². The number of hydrogen-bond donors (Lipinski definition) is 3. The second kappa shape index (κ2) is 4.28. The first kappa shape index (κ1) is 10.8. The van der Waals surface area contributed by atoms with E-state index < -0.39 is 5.97 Å². The highest BCUT2D eigenvalue weighted by Gasteiger charge is 2.14. The summed E-state index contributed by atoms with van der Waals surface area (Å²) in [6.07, 6.45) is 0.830. The third kappa shape index (κ3) is 1.96. The minimum absolute atomic E-state index is 0.314. The molecule has 14 heavy (non-hydrogen) atoms. The van der Waals surface area contributed by atoms with Crippen LogP contribution in [0.5, 0.6) is 0 Å².